The summed E-state index contributed by atoms with van der Waals surface area (Å²) in [7, 11) is 3.23. The Bertz CT molecular complexity index is 1060. The van der Waals surface area contributed by atoms with Crippen LogP contribution in [0.25, 0.3) is 22.1 Å². The van der Waals surface area contributed by atoms with Crippen LogP contribution in [0.5, 0.6) is 11.5 Å². The van der Waals surface area contributed by atoms with Crippen molar-refractivity contribution < 1.29 is 9.47 Å². The topological polar surface area (TPSA) is 70.0 Å². The summed E-state index contributed by atoms with van der Waals surface area (Å²) in [6.07, 6.45) is 3.04. The van der Waals surface area contributed by atoms with E-state index in [4.69, 9.17) is 32.7 Å². The lowest BCUT2D eigenvalue weighted by atomic mass is 10.3. The molecule has 0 aliphatic rings. The Morgan fingerprint density at radius 3 is 1.77 bits per heavy atom. The monoisotopic (exact) mass is 388 g/mol. The third kappa shape index (κ3) is 4.28. The predicted octanol–water partition coefficient (Wildman–Crippen LogP) is 4.58. The highest BCUT2D eigenvalue weighted by atomic mass is 35.5. The third-order valence-corrected chi connectivity index (χ3v) is 3.80. The first-order chi connectivity index (χ1) is 12.6. The number of hydrogen-bond donors (Lipinski definition) is 0. The van der Waals surface area contributed by atoms with Crippen molar-refractivity contribution in [3.05, 3.63) is 59.1 Å². The molecule has 0 saturated heterocycles. The van der Waals surface area contributed by atoms with Gasteiger partial charge in [-0.05, 0) is 24.3 Å². The van der Waals surface area contributed by atoms with Gasteiger partial charge in [0.1, 0.15) is 21.8 Å². The molecule has 6 nitrogen and oxygen atoms in total. The summed E-state index contributed by atoms with van der Waals surface area (Å²) in [5.74, 6) is 1.52. The predicted molar refractivity (Wildman–Crippen MR) is 102 cm³/mol. The molecule has 0 spiro atoms. The van der Waals surface area contributed by atoms with Crippen LogP contribution in [0.15, 0.2) is 48.8 Å². The van der Waals surface area contributed by atoms with Gasteiger partial charge in [0.05, 0.1) is 48.7 Å². The molecule has 0 atom stereocenters. The minimum absolute atomic E-state index is 0.390. The van der Waals surface area contributed by atoms with Crippen molar-refractivity contribution in [3.8, 4) is 11.5 Å². The van der Waals surface area contributed by atoms with Crippen molar-refractivity contribution in [2.24, 2.45) is 0 Å². The van der Waals surface area contributed by atoms with Gasteiger partial charge in [-0.1, -0.05) is 23.2 Å². The highest BCUT2D eigenvalue weighted by Gasteiger charge is 2.00. The van der Waals surface area contributed by atoms with E-state index >= 15 is 0 Å². The van der Waals surface area contributed by atoms with E-state index in [1.54, 1.807) is 20.3 Å². The summed E-state index contributed by atoms with van der Waals surface area (Å²) >= 11 is 11.4. The molecule has 26 heavy (non-hydrogen) atoms. The molecular formula is C18H14Cl2N4O2. The molecule has 0 unspecified atom stereocenters. The normalized spacial score (nSPS) is 10.3. The molecule has 0 fully saturated rings. The fourth-order valence-electron chi connectivity index (χ4n) is 2.19. The van der Waals surface area contributed by atoms with Gasteiger partial charge in [-0.3, -0.25) is 9.97 Å². The lowest BCUT2D eigenvalue weighted by Crippen LogP contribution is -1.86. The number of rotatable bonds is 2. The van der Waals surface area contributed by atoms with Gasteiger partial charge in [0.15, 0.2) is 0 Å². The van der Waals surface area contributed by atoms with Gasteiger partial charge in [0.2, 0.25) is 0 Å². The van der Waals surface area contributed by atoms with Crippen LogP contribution in [0.3, 0.4) is 0 Å². The molecular weight excluding hydrogens is 375 g/mol. The SMILES string of the molecule is COc1ccc2nc(Cl)cnc2c1.COc1ccc2ncc(Cl)nc2c1. The summed E-state index contributed by atoms with van der Waals surface area (Å²) in [6.45, 7) is 0. The molecule has 4 rings (SSSR count). The van der Waals surface area contributed by atoms with Crippen molar-refractivity contribution in [2.75, 3.05) is 14.2 Å². The van der Waals surface area contributed by atoms with Gasteiger partial charge in [-0.25, -0.2) is 9.97 Å². The zero-order valence-electron chi connectivity index (χ0n) is 14.0. The van der Waals surface area contributed by atoms with E-state index in [1.807, 2.05) is 30.3 Å². The molecule has 0 N–H and O–H groups in total. The zero-order chi connectivity index (χ0) is 18.5. The van der Waals surface area contributed by atoms with Crippen LogP contribution in [0, 0.1) is 0 Å². The van der Waals surface area contributed by atoms with Crippen LogP contribution < -0.4 is 9.47 Å². The summed E-state index contributed by atoms with van der Waals surface area (Å²) in [5.41, 5.74) is 3.11. The summed E-state index contributed by atoms with van der Waals surface area (Å²) < 4.78 is 10.1. The van der Waals surface area contributed by atoms with Crippen LogP contribution in [-0.4, -0.2) is 34.2 Å². The van der Waals surface area contributed by atoms with Gasteiger partial charge in [-0.15, -0.1) is 0 Å². The lowest BCUT2D eigenvalue weighted by Gasteiger charge is -2.00. The van der Waals surface area contributed by atoms with Crippen molar-refractivity contribution in [3.63, 3.8) is 0 Å². The van der Waals surface area contributed by atoms with E-state index in [1.165, 1.54) is 12.4 Å². The smallest absolute Gasteiger partial charge is 0.148 e. The third-order valence-electron chi connectivity index (χ3n) is 3.44. The fourth-order valence-corrected chi connectivity index (χ4v) is 2.47. The molecule has 0 amide bonds. The van der Waals surface area contributed by atoms with E-state index < -0.39 is 0 Å². The average molecular weight is 389 g/mol. The Balaban J connectivity index is 0.000000151. The fraction of sp³-hybridized carbons (Fsp3) is 0.111. The second-order valence-electron chi connectivity index (χ2n) is 5.09. The molecule has 0 radical (unpaired) electrons. The Morgan fingerprint density at radius 1 is 0.654 bits per heavy atom. The van der Waals surface area contributed by atoms with Crippen LogP contribution in [0.4, 0.5) is 0 Å². The quantitative estimate of drug-likeness (QED) is 0.500. The maximum Gasteiger partial charge on any atom is 0.148 e. The molecule has 8 heteroatoms. The standard InChI is InChI=1S/2C9H7ClN2O/c1-13-6-2-3-7-8(4-6)11-5-9(10)12-7;1-13-6-2-3-7-8(4-6)12-9(10)5-11-7/h2*2-5H,1H3. The summed E-state index contributed by atoms with van der Waals surface area (Å²) in [5, 5.41) is 0.790. The molecule has 0 saturated carbocycles. The number of ether oxygens (including phenoxy) is 2. The number of halogens is 2. The van der Waals surface area contributed by atoms with E-state index in [0.717, 1.165) is 33.6 Å². The minimum atomic E-state index is 0.390. The number of hydrogen-bond acceptors (Lipinski definition) is 6. The molecule has 2 heterocycles. The largest absolute Gasteiger partial charge is 0.497 e. The molecule has 2 aromatic heterocycles. The van der Waals surface area contributed by atoms with E-state index in [-0.39, 0.29) is 0 Å². The highest BCUT2D eigenvalue weighted by Crippen LogP contribution is 2.19. The van der Waals surface area contributed by atoms with Crippen LogP contribution in [0.2, 0.25) is 10.3 Å². The van der Waals surface area contributed by atoms with E-state index in [0.29, 0.717) is 10.3 Å². The highest BCUT2D eigenvalue weighted by molar-refractivity contribution is 6.29. The first-order valence-electron chi connectivity index (χ1n) is 7.51. The molecule has 2 aromatic carbocycles. The van der Waals surface area contributed by atoms with Crippen LogP contribution >= 0.6 is 23.2 Å². The number of nitrogens with zero attached hydrogens (tertiary/aromatic N) is 4. The second-order valence-corrected chi connectivity index (χ2v) is 5.87. The molecule has 0 aliphatic carbocycles. The number of aromatic nitrogens is 4. The number of benzene rings is 2. The Morgan fingerprint density at radius 2 is 1.15 bits per heavy atom. The van der Waals surface area contributed by atoms with Crippen molar-refractivity contribution in [1.82, 2.24) is 19.9 Å². The molecule has 0 aliphatic heterocycles. The Hall–Kier alpha value is -2.70. The average Bonchev–Trinajstić information content (AvgIpc) is 2.67. The van der Waals surface area contributed by atoms with Gasteiger partial charge in [-0.2, -0.15) is 0 Å². The summed E-state index contributed by atoms with van der Waals surface area (Å²) in [6, 6.07) is 11.0. The maximum atomic E-state index is 5.70. The molecule has 4 aromatic rings. The Labute approximate surface area is 159 Å². The van der Waals surface area contributed by atoms with Crippen molar-refractivity contribution >= 4 is 45.3 Å². The van der Waals surface area contributed by atoms with E-state index in [9.17, 15) is 0 Å². The Kier molecular flexibility index (Phi) is 5.65. The minimum Gasteiger partial charge on any atom is -0.497 e. The number of methoxy groups -OCH3 is 2. The second kappa shape index (κ2) is 8.12. The van der Waals surface area contributed by atoms with Crippen LogP contribution in [-0.2, 0) is 0 Å². The lowest BCUT2D eigenvalue weighted by molar-refractivity contribution is 0.415. The van der Waals surface area contributed by atoms with Crippen LogP contribution in [0.1, 0.15) is 0 Å². The van der Waals surface area contributed by atoms with Gasteiger partial charge < -0.3 is 9.47 Å². The number of fused-ring (bicyclic) bond motifs is 2. The van der Waals surface area contributed by atoms with Crippen molar-refractivity contribution in [2.45, 2.75) is 0 Å². The molecule has 132 valence electrons. The van der Waals surface area contributed by atoms with Crippen molar-refractivity contribution in [1.29, 1.82) is 0 Å². The first-order valence-corrected chi connectivity index (χ1v) is 8.27. The van der Waals surface area contributed by atoms with Gasteiger partial charge in [0, 0.05) is 12.1 Å². The first kappa shape index (κ1) is 18.1. The van der Waals surface area contributed by atoms with Gasteiger partial charge in [0.25, 0.3) is 0 Å². The summed E-state index contributed by atoms with van der Waals surface area (Å²) in [4.78, 5) is 16.4. The van der Waals surface area contributed by atoms with Gasteiger partial charge >= 0.3 is 0 Å². The van der Waals surface area contributed by atoms with E-state index in [2.05, 4.69) is 19.9 Å². The zero-order valence-corrected chi connectivity index (χ0v) is 15.5. The molecule has 0 bridgehead atoms. The maximum absolute atomic E-state index is 5.70.